The molecule has 1 atom stereocenters. The topological polar surface area (TPSA) is 82.9 Å². The van der Waals surface area contributed by atoms with Gasteiger partial charge in [-0.15, -0.1) is 0 Å². The van der Waals surface area contributed by atoms with Gasteiger partial charge in [-0.05, 0) is 109 Å². The van der Waals surface area contributed by atoms with E-state index < -0.39 is 0 Å². The lowest BCUT2D eigenvalue weighted by Gasteiger charge is -2.37. The molecule has 0 bridgehead atoms. The zero-order valence-corrected chi connectivity index (χ0v) is 27.2. The average molecular weight is 606 g/mol. The number of hydrogen-bond acceptors (Lipinski definition) is 9. The van der Waals surface area contributed by atoms with E-state index in [0.717, 1.165) is 66.0 Å². The lowest BCUT2D eigenvalue weighted by Crippen LogP contribution is -2.48. The van der Waals surface area contributed by atoms with Crippen LogP contribution in [0.25, 0.3) is 5.70 Å². The van der Waals surface area contributed by atoms with E-state index in [9.17, 15) is 0 Å². The molecule has 2 fully saturated rings. The molecule has 236 valence electrons. The second kappa shape index (κ2) is 12.6. The van der Waals surface area contributed by atoms with Crippen LogP contribution in [0.4, 0.5) is 22.7 Å². The Morgan fingerprint density at radius 2 is 1.40 bits per heavy atom. The van der Waals surface area contributed by atoms with Crippen LogP contribution in [0.15, 0.2) is 69.2 Å². The highest BCUT2D eigenvalue weighted by molar-refractivity contribution is 6.13. The van der Waals surface area contributed by atoms with Gasteiger partial charge >= 0.3 is 0 Å². The van der Waals surface area contributed by atoms with Crippen molar-refractivity contribution in [2.45, 2.75) is 84.3 Å². The highest BCUT2D eigenvalue weighted by Gasteiger charge is 2.34. The van der Waals surface area contributed by atoms with Gasteiger partial charge in [0.1, 0.15) is 12.4 Å². The number of hydrogen-bond donors (Lipinski definition) is 3. The fourth-order valence-corrected chi connectivity index (χ4v) is 7.02. The minimum absolute atomic E-state index is 0.176. The van der Waals surface area contributed by atoms with Crippen LogP contribution in [0.5, 0.6) is 0 Å². The van der Waals surface area contributed by atoms with Gasteiger partial charge in [0.15, 0.2) is 0 Å². The lowest BCUT2D eigenvalue weighted by atomic mass is 9.98. The molecule has 0 radical (unpaired) electrons. The van der Waals surface area contributed by atoms with E-state index in [2.05, 4.69) is 112 Å². The molecule has 9 heteroatoms. The maximum Gasteiger partial charge on any atom is 0.234 e. The van der Waals surface area contributed by atoms with Crippen LogP contribution in [-0.2, 0) is 0 Å². The van der Waals surface area contributed by atoms with E-state index in [4.69, 9.17) is 4.99 Å². The van der Waals surface area contributed by atoms with Gasteiger partial charge in [0.25, 0.3) is 0 Å². The van der Waals surface area contributed by atoms with E-state index in [0.29, 0.717) is 18.0 Å². The van der Waals surface area contributed by atoms with Gasteiger partial charge in [0.05, 0.1) is 11.4 Å². The van der Waals surface area contributed by atoms with Crippen molar-refractivity contribution in [2.75, 3.05) is 46.6 Å². The third-order valence-corrected chi connectivity index (χ3v) is 9.12. The first-order chi connectivity index (χ1) is 21.9. The van der Waals surface area contributed by atoms with Crippen molar-refractivity contribution in [2.24, 2.45) is 15.0 Å². The molecule has 0 aliphatic carbocycles. The van der Waals surface area contributed by atoms with Crippen LogP contribution < -0.4 is 25.8 Å². The van der Waals surface area contributed by atoms with E-state index in [1.165, 1.54) is 49.9 Å². The summed E-state index contributed by atoms with van der Waals surface area (Å²) >= 11 is 0. The number of anilines is 4. The summed E-state index contributed by atoms with van der Waals surface area (Å²) < 4.78 is 0. The Balaban J connectivity index is 1.26. The minimum Gasteiger partial charge on any atom is -0.383 e. The molecule has 5 heterocycles. The average Bonchev–Trinajstić information content (AvgIpc) is 3.05. The third kappa shape index (κ3) is 6.17. The highest BCUT2D eigenvalue weighted by Crippen LogP contribution is 2.39. The molecule has 0 amide bonds. The van der Waals surface area contributed by atoms with Crippen LogP contribution in [-0.4, -0.2) is 61.4 Å². The van der Waals surface area contributed by atoms with Gasteiger partial charge in [0, 0.05) is 72.1 Å². The van der Waals surface area contributed by atoms with Gasteiger partial charge in [-0.3, -0.25) is 0 Å². The molecule has 9 nitrogen and oxygen atoms in total. The van der Waals surface area contributed by atoms with Crippen LogP contribution >= 0.6 is 0 Å². The van der Waals surface area contributed by atoms with Crippen molar-refractivity contribution in [3.8, 4) is 0 Å². The molecule has 0 spiro atoms. The van der Waals surface area contributed by atoms with Crippen LogP contribution in [0.1, 0.15) is 83.4 Å². The number of allylic oxidation sites excluding steroid dienone is 1. The standard InChI is InChI=1S/C36H47N9/c1-24(2)39-31-19-26(43-15-7-5-8-16-43)11-13-29(31)33-21-28-22-34(42-36-38-23-37-35(41-33)45(28)36)30-14-12-27(20-32(30)40-25(3)4)44-17-9-6-10-18-44/h11-14,19-25,33,39-40H,5-10,15-18H2,1-4H3,(H,37,38,41,42). The molecule has 45 heavy (non-hydrogen) atoms. The Bertz CT molecular complexity index is 1570. The maximum atomic E-state index is 5.13. The summed E-state index contributed by atoms with van der Waals surface area (Å²) in [5.74, 6) is 1.38. The fourth-order valence-electron chi connectivity index (χ4n) is 7.02. The molecule has 7 rings (SSSR count). The molecular formula is C36H47N9. The van der Waals surface area contributed by atoms with Gasteiger partial charge < -0.3 is 25.8 Å². The van der Waals surface area contributed by atoms with E-state index in [1.807, 2.05) is 4.90 Å². The van der Waals surface area contributed by atoms with Crippen molar-refractivity contribution < 1.29 is 0 Å². The Morgan fingerprint density at radius 3 is 2.07 bits per heavy atom. The SMILES string of the molecule is CC(C)Nc1cc(N2CCCCC2)ccc1C1=CC2=CC(c3ccc(N4CCCCC4)cc3NC(C)C)N=C3N=CN=C(N1)N23. The quantitative estimate of drug-likeness (QED) is 0.302. The Labute approximate surface area is 267 Å². The lowest BCUT2D eigenvalue weighted by molar-refractivity contribution is 0.578. The zero-order chi connectivity index (χ0) is 30.9. The fraction of sp³-hybridized carbons (Fsp3) is 0.472. The number of piperidine rings is 2. The second-order valence-electron chi connectivity index (χ2n) is 13.4. The Hall–Kier alpha value is -4.27. The second-order valence-corrected chi connectivity index (χ2v) is 13.4. The first-order valence-electron chi connectivity index (χ1n) is 16.9. The molecule has 0 saturated carbocycles. The third-order valence-electron chi connectivity index (χ3n) is 9.12. The smallest absolute Gasteiger partial charge is 0.234 e. The van der Waals surface area contributed by atoms with Crippen molar-refractivity contribution >= 4 is 46.7 Å². The predicted octanol–water partition coefficient (Wildman–Crippen LogP) is 6.95. The van der Waals surface area contributed by atoms with Gasteiger partial charge in [0.2, 0.25) is 11.9 Å². The summed E-state index contributed by atoms with van der Waals surface area (Å²) in [4.78, 5) is 21.4. The maximum absolute atomic E-state index is 5.13. The largest absolute Gasteiger partial charge is 0.383 e. The zero-order valence-electron chi connectivity index (χ0n) is 27.2. The van der Waals surface area contributed by atoms with Crippen molar-refractivity contribution in [3.05, 3.63) is 65.4 Å². The predicted molar refractivity (Wildman–Crippen MR) is 190 cm³/mol. The number of guanidine groups is 2. The Kier molecular flexibility index (Phi) is 8.25. The number of aliphatic imine (C=N–C) groups is 3. The van der Waals surface area contributed by atoms with E-state index in [1.54, 1.807) is 6.34 Å². The van der Waals surface area contributed by atoms with Crippen LogP contribution in [0.3, 0.4) is 0 Å². The molecule has 1 unspecified atom stereocenters. The number of nitrogens with zero attached hydrogens (tertiary/aromatic N) is 6. The summed E-state index contributed by atoms with van der Waals surface area (Å²) in [5.41, 5.74) is 9.16. The number of rotatable bonds is 8. The van der Waals surface area contributed by atoms with Crippen molar-refractivity contribution in [3.63, 3.8) is 0 Å². The molecule has 2 saturated heterocycles. The first kappa shape index (κ1) is 29.4. The van der Waals surface area contributed by atoms with Gasteiger partial charge in [-0.25, -0.2) is 19.9 Å². The normalized spacial score (nSPS) is 21.1. The molecule has 3 N–H and O–H groups in total. The molecule has 5 aliphatic rings. The minimum atomic E-state index is -0.176. The monoisotopic (exact) mass is 605 g/mol. The van der Waals surface area contributed by atoms with Crippen molar-refractivity contribution in [1.29, 1.82) is 0 Å². The highest BCUT2D eigenvalue weighted by atomic mass is 15.4. The Morgan fingerprint density at radius 1 is 0.778 bits per heavy atom. The first-order valence-corrected chi connectivity index (χ1v) is 16.9. The summed E-state index contributed by atoms with van der Waals surface area (Å²) in [6, 6.07) is 14.1. The molecule has 5 aliphatic heterocycles. The van der Waals surface area contributed by atoms with E-state index in [-0.39, 0.29) is 6.04 Å². The number of nitrogens with one attached hydrogen (secondary N) is 3. The van der Waals surface area contributed by atoms with E-state index >= 15 is 0 Å². The molecule has 2 aromatic rings. The van der Waals surface area contributed by atoms with Crippen LogP contribution in [0, 0.1) is 0 Å². The summed E-state index contributed by atoms with van der Waals surface area (Å²) in [5, 5.41) is 11.1. The van der Waals surface area contributed by atoms with Crippen molar-refractivity contribution in [1.82, 2.24) is 10.2 Å². The molecule has 2 aromatic carbocycles. The summed E-state index contributed by atoms with van der Waals surface area (Å²) in [6.07, 6.45) is 13.8. The summed E-state index contributed by atoms with van der Waals surface area (Å²) in [6.45, 7) is 13.3. The van der Waals surface area contributed by atoms with Crippen LogP contribution in [0.2, 0.25) is 0 Å². The summed E-state index contributed by atoms with van der Waals surface area (Å²) in [7, 11) is 0. The molecule has 0 aromatic heterocycles. The van der Waals surface area contributed by atoms with Gasteiger partial charge in [-0.2, -0.15) is 0 Å². The number of benzene rings is 2. The van der Waals surface area contributed by atoms with Gasteiger partial charge in [-0.1, -0.05) is 6.07 Å². The molecular weight excluding hydrogens is 558 g/mol.